The van der Waals surface area contributed by atoms with Crippen LogP contribution in [-0.4, -0.2) is 85.7 Å². The van der Waals surface area contributed by atoms with Crippen molar-refractivity contribution in [3.63, 3.8) is 0 Å². The van der Waals surface area contributed by atoms with Crippen LogP contribution in [0.2, 0.25) is 15.1 Å². The van der Waals surface area contributed by atoms with E-state index in [1.54, 1.807) is 49.6 Å². The number of hydrogen-bond donors (Lipinski definition) is 1. The van der Waals surface area contributed by atoms with Crippen molar-refractivity contribution in [3.05, 3.63) is 168 Å². The third kappa shape index (κ3) is 36.4. The summed E-state index contributed by atoms with van der Waals surface area (Å²) >= 11 is 26.7. The van der Waals surface area contributed by atoms with Gasteiger partial charge in [0, 0.05) is 56.0 Å². The van der Waals surface area contributed by atoms with Gasteiger partial charge >= 0.3 is 41.0 Å². The van der Waals surface area contributed by atoms with Gasteiger partial charge in [-0.05, 0) is 118 Å². The number of alkyl halides is 3. The Morgan fingerprint density at radius 3 is 1.30 bits per heavy atom. The lowest BCUT2D eigenvalue weighted by molar-refractivity contribution is -0.193. The number of halogens is 11. The first-order valence-electron chi connectivity index (χ1n) is 26.6. The molecule has 2 N–H and O–H groups in total. The van der Waals surface area contributed by atoms with Crippen LogP contribution in [0.4, 0.5) is 42.5 Å². The molecule has 25 nitrogen and oxygen atoms in total. The molecule has 4 aromatic heterocycles. The number of rotatable bonds is 19. The Labute approximate surface area is 595 Å². The molecular formula is C64H70Cl5F6N7O18. The van der Waals surface area contributed by atoms with Crippen molar-refractivity contribution in [3.8, 4) is 57.8 Å². The standard InChI is InChI=1S/C20H16ClF4N3O4.C15H12ClFN2O3.C14H14ClFN2O2.C7H12O2.CCl2O.3CO2.4CH4/c1-3-7-31-18-14(5-4-6-26-18)32-15-9-13(12(22)8-11(15)21)28-17(29)10-16(20(23,24)25)27(2)19(28)30;1-2-6-21-15-13(4-3-5-18-15)22-14-8-12(19-9-20)11(17)7-10(14)16;1-2-6-19-14-12(4-3-5-18-14)20-13-8-11(17)10(16)7-9(13)15;1-4-9-7(8)5-6(2)3;2-1(3)4;3*2-1-3;;;;/h4-6,8-10H,3,7H2,1-2H3;3-5,7-8H,2,6H2,1H3;3-5,7-8H,2,6,17H2,1H3;5H,4H2,1-3H3;;;;;4*1H4. The number of benzene rings is 3. The fraction of sp³-hybridized carbons (Fsp3) is 0.297. The SMILES string of the molecule is C.C.C.C.CCCOc1ncccc1Oc1cc(-n2c(=O)cc(C(F)(F)F)n(C)c2=O)c(F)cc1Cl.CCCOc1ncccc1Oc1cc(N)c(F)cc1Cl.CCCOc1ncccc1Oc1cc(N=C=O)c(F)cc1Cl.CCOC(=O)C=C(C)C.O=C(Cl)Cl.O=C=O.O=C=O.O=C=O. The second-order valence-electron chi connectivity index (χ2n) is 17.2. The first kappa shape index (κ1) is 98.5. The first-order valence-corrected chi connectivity index (χ1v) is 28.5. The number of esters is 1. The number of nitrogens with zero attached hydrogens (tertiary/aromatic N) is 6. The molecule has 546 valence electrons. The number of nitrogen functional groups attached to an aromatic ring is 1. The molecule has 7 aromatic rings. The smallest absolute Gasteiger partial charge is 0.431 e. The molecular weight excluding hydrogens is 1450 g/mol. The van der Waals surface area contributed by atoms with Crippen molar-refractivity contribution >= 4 is 105 Å². The summed E-state index contributed by atoms with van der Waals surface area (Å²) < 4.78 is 118. The van der Waals surface area contributed by atoms with Crippen LogP contribution in [0.15, 0.2) is 124 Å². The molecule has 36 heteroatoms. The summed E-state index contributed by atoms with van der Waals surface area (Å²) in [6.45, 7) is 13.1. The largest absolute Gasteiger partial charge is 0.475 e. The maximum absolute atomic E-state index is 14.6. The van der Waals surface area contributed by atoms with Crippen LogP contribution in [0.5, 0.6) is 52.1 Å². The van der Waals surface area contributed by atoms with E-state index in [0.29, 0.717) is 56.1 Å². The molecule has 0 fully saturated rings. The third-order valence-electron chi connectivity index (χ3n) is 9.96. The number of isocyanates is 1. The highest BCUT2D eigenvalue weighted by molar-refractivity contribution is 6.93. The average Bonchev–Trinajstić information content (AvgIpc) is 0.766. The number of nitrogens with two attached hydrogens (primary N) is 1. The van der Waals surface area contributed by atoms with E-state index in [1.807, 2.05) is 34.6 Å². The van der Waals surface area contributed by atoms with Crippen molar-refractivity contribution in [2.24, 2.45) is 12.0 Å². The second kappa shape index (κ2) is 53.8. The molecule has 7 rings (SSSR count). The van der Waals surface area contributed by atoms with Gasteiger partial charge in [-0.3, -0.25) is 14.2 Å². The van der Waals surface area contributed by atoms with Gasteiger partial charge in [-0.15, -0.1) is 0 Å². The molecule has 0 aliphatic rings. The summed E-state index contributed by atoms with van der Waals surface area (Å²) in [7, 11) is 0.819. The summed E-state index contributed by atoms with van der Waals surface area (Å²) in [4.78, 5) is 119. The number of hydrogen-bond acceptors (Lipinski definition) is 23. The summed E-state index contributed by atoms with van der Waals surface area (Å²) in [5.41, 5.74) is 1.34. The lowest BCUT2D eigenvalue weighted by atomic mass is 10.2. The van der Waals surface area contributed by atoms with Gasteiger partial charge in [0.2, 0.25) is 6.08 Å². The maximum atomic E-state index is 14.6. The van der Waals surface area contributed by atoms with Gasteiger partial charge in [-0.1, -0.05) is 90.9 Å². The summed E-state index contributed by atoms with van der Waals surface area (Å²) in [5, 5.41) is -0.0528. The number of aliphatic imine (C=N–C) groups is 1. The van der Waals surface area contributed by atoms with Crippen molar-refractivity contribution in [2.75, 3.05) is 32.2 Å². The number of carbonyl (C=O) groups is 2. The van der Waals surface area contributed by atoms with E-state index >= 15 is 0 Å². The van der Waals surface area contributed by atoms with Gasteiger partial charge in [0.15, 0.2) is 23.1 Å². The molecule has 0 aliphatic heterocycles. The average molecular weight is 1520 g/mol. The Morgan fingerprint density at radius 2 is 0.950 bits per heavy atom. The quantitative estimate of drug-likeness (QED) is 0.0149. The van der Waals surface area contributed by atoms with Gasteiger partial charge < -0.3 is 38.9 Å². The van der Waals surface area contributed by atoms with Crippen molar-refractivity contribution in [1.29, 1.82) is 0 Å². The number of ether oxygens (including phenoxy) is 7. The van der Waals surface area contributed by atoms with Crippen LogP contribution in [-0.2, 0) is 56.3 Å². The number of carbonyl (C=O) groups excluding carboxylic acids is 9. The van der Waals surface area contributed by atoms with Crippen LogP contribution in [0.3, 0.4) is 0 Å². The fourth-order valence-electron chi connectivity index (χ4n) is 6.30. The van der Waals surface area contributed by atoms with Crippen molar-refractivity contribution < 1.29 is 103 Å². The van der Waals surface area contributed by atoms with E-state index in [-0.39, 0.29) is 125 Å². The number of anilines is 1. The third-order valence-corrected chi connectivity index (χ3v) is 10.8. The predicted molar refractivity (Wildman–Crippen MR) is 358 cm³/mol. The first-order chi connectivity index (χ1) is 45.4. The van der Waals surface area contributed by atoms with Gasteiger partial charge in [0.25, 0.3) is 23.2 Å². The molecule has 0 radical (unpaired) electrons. The van der Waals surface area contributed by atoms with Gasteiger partial charge in [-0.2, -0.15) is 46.9 Å². The van der Waals surface area contributed by atoms with Crippen LogP contribution >= 0.6 is 58.0 Å². The molecule has 0 unspecified atom stereocenters. The van der Waals surface area contributed by atoms with E-state index in [0.717, 1.165) is 49.7 Å². The summed E-state index contributed by atoms with van der Waals surface area (Å²) in [6, 6.07) is 16.3. The zero-order chi connectivity index (χ0) is 73.1. The molecule has 0 aliphatic carbocycles. The highest BCUT2D eigenvalue weighted by Crippen LogP contribution is 2.40. The van der Waals surface area contributed by atoms with E-state index in [4.69, 9.17) is 103 Å². The molecule has 0 amide bonds. The van der Waals surface area contributed by atoms with Crippen molar-refractivity contribution in [1.82, 2.24) is 24.1 Å². The Balaban J connectivity index is -0.000000392. The molecule has 0 bridgehead atoms. The Hall–Kier alpha value is -10.2. The number of allylic oxidation sites excluding steroid dienone is 1. The molecule has 0 spiro atoms. The van der Waals surface area contributed by atoms with Crippen LogP contribution < -0.4 is 45.4 Å². The zero-order valence-corrected chi connectivity index (χ0v) is 54.8. The molecule has 0 atom stereocenters. The Morgan fingerprint density at radius 1 is 0.590 bits per heavy atom. The minimum Gasteiger partial charge on any atom is -0.475 e. The minimum atomic E-state index is -4.95. The molecule has 3 aromatic carbocycles. The fourth-order valence-corrected chi connectivity index (χ4v) is 6.87. The van der Waals surface area contributed by atoms with Crippen LogP contribution in [0.1, 0.15) is 96.2 Å². The summed E-state index contributed by atoms with van der Waals surface area (Å²) in [6.07, 6.45) is 5.52. The maximum Gasteiger partial charge on any atom is 0.431 e. The Kier molecular flexibility index (Phi) is 53.0. The van der Waals surface area contributed by atoms with Crippen LogP contribution in [0, 0.1) is 17.5 Å². The summed E-state index contributed by atoms with van der Waals surface area (Å²) in [5.74, 6) is -0.875. The zero-order valence-electron chi connectivity index (χ0n) is 51.0. The van der Waals surface area contributed by atoms with Gasteiger partial charge in [0.05, 0.1) is 52.9 Å². The molecule has 4 heterocycles. The highest BCUT2D eigenvalue weighted by atomic mass is 35.5. The second-order valence-corrected chi connectivity index (χ2v) is 19.3. The van der Waals surface area contributed by atoms with Crippen molar-refractivity contribution in [2.45, 2.75) is 96.7 Å². The van der Waals surface area contributed by atoms with Gasteiger partial charge in [-0.25, -0.2) is 47.1 Å². The number of aromatic nitrogens is 5. The lowest BCUT2D eigenvalue weighted by Gasteiger charge is -2.16. The molecule has 0 saturated carbocycles. The topological polar surface area (TPSA) is 339 Å². The van der Waals surface area contributed by atoms with E-state index in [2.05, 4.69) is 47.9 Å². The normalized spacial score (nSPS) is 9.18. The van der Waals surface area contributed by atoms with E-state index < -0.39 is 51.0 Å². The highest BCUT2D eigenvalue weighted by Gasteiger charge is 2.35. The predicted octanol–water partition coefficient (Wildman–Crippen LogP) is 16.7. The van der Waals surface area contributed by atoms with E-state index in [9.17, 15) is 45.5 Å². The molecule has 100 heavy (non-hydrogen) atoms. The molecule has 0 saturated heterocycles. The Bertz CT molecular complexity index is 3960. The van der Waals surface area contributed by atoms with E-state index in [1.165, 1.54) is 36.6 Å². The monoisotopic (exact) mass is 1510 g/mol. The number of pyridine rings is 3. The van der Waals surface area contributed by atoms with Crippen LogP contribution in [0.25, 0.3) is 5.69 Å². The lowest BCUT2D eigenvalue weighted by Crippen LogP contribution is -2.41. The minimum absolute atomic E-state index is 0. The van der Waals surface area contributed by atoms with Gasteiger partial charge in [0.1, 0.15) is 40.3 Å².